The van der Waals surface area contributed by atoms with E-state index >= 15 is 0 Å². The molecule has 2 aromatic carbocycles. The van der Waals surface area contributed by atoms with Crippen LogP contribution in [0.1, 0.15) is 16.4 Å². The lowest BCUT2D eigenvalue weighted by Gasteiger charge is -2.12. The molecule has 0 aliphatic carbocycles. The van der Waals surface area contributed by atoms with Gasteiger partial charge in [0, 0.05) is 23.0 Å². The van der Waals surface area contributed by atoms with Crippen molar-refractivity contribution in [3.05, 3.63) is 59.4 Å². The molecule has 0 radical (unpaired) electrons. The number of nitrogens with one attached hydrogen (secondary N) is 1. The third-order valence-electron chi connectivity index (χ3n) is 3.23. The van der Waals surface area contributed by atoms with E-state index in [0.717, 1.165) is 23.4 Å². The topological polar surface area (TPSA) is 12.0 Å². The predicted octanol–water partition coefficient (Wildman–Crippen LogP) is 4.82. The maximum Gasteiger partial charge on any atom is 0.125 e. The van der Waals surface area contributed by atoms with Gasteiger partial charge >= 0.3 is 0 Å². The summed E-state index contributed by atoms with van der Waals surface area (Å²) < 4.78 is 13.2. The van der Waals surface area contributed by atoms with Crippen molar-refractivity contribution in [3.8, 4) is 0 Å². The van der Waals surface area contributed by atoms with Gasteiger partial charge < -0.3 is 5.32 Å². The normalized spacial score (nSPS) is 17.1. The van der Waals surface area contributed by atoms with E-state index < -0.39 is 0 Å². The maximum absolute atomic E-state index is 13.2. The summed E-state index contributed by atoms with van der Waals surface area (Å²) in [6.07, 6.45) is 0. The van der Waals surface area contributed by atoms with Crippen molar-refractivity contribution in [1.29, 1.82) is 0 Å². The molecule has 0 fully saturated rings. The molecule has 19 heavy (non-hydrogen) atoms. The summed E-state index contributed by atoms with van der Waals surface area (Å²) in [4.78, 5) is 1.20. The van der Waals surface area contributed by atoms with Gasteiger partial charge in [0.05, 0.1) is 5.25 Å². The minimum atomic E-state index is -0.196. The first-order valence-electron chi connectivity index (χ1n) is 6.12. The first-order valence-corrected chi connectivity index (χ1v) is 7.53. The molecule has 1 unspecified atom stereocenters. The quantitative estimate of drug-likeness (QED) is 0.814. The van der Waals surface area contributed by atoms with E-state index in [-0.39, 0.29) is 5.82 Å². The maximum atomic E-state index is 13.2. The van der Waals surface area contributed by atoms with Crippen LogP contribution in [0.15, 0.2) is 47.4 Å². The minimum absolute atomic E-state index is 0.196. The van der Waals surface area contributed by atoms with E-state index in [2.05, 4.69) is 11.4 Å². The predicted molar refractivity (Wildman–Crippen MR) is 79.5 cm³/mol. The SMILES string of the molecule is Fc1ccc2c(c1)NCC2Sc1ccccc1CCl. The summed E-state index contributed by atoms with van der Waals surface area (Å²) in [7, 11) is 0. The zero-order valence-corrected chi connectivity index (χ0v) is 11.8. The Hall–Kier alpha value is -1.19. The van der Waals surface area contributed by atoms with Gasteiger partial charge in [0.1, 0.15) is 5.82 Å². The third-order valence-corrected chi connectivity index (χ3v) is 4.87. The molecule has 98 valence electrons. The summed E-state index contributed by atoms with van der Waals surface area (Å²) in [5.74, 6) is 0.317. The van der Waals surface area contributed by atoms with E-state index in [0.29, 0.717) is 11.1 Å². The Balaban J connectivity index is 1.87. The highest BCUT2D eigenvalue weighted by atomic mass is 35.5. The summed E-state index contributed by atoms with van der Waals surface area (Å²) in [5.41, 5.74) is 3.21. The van der Waals surface area contributed by atoms with Crippen LogP contribution in [0.3, 0.4) is 0 Å². The van der Waals surface area contributed by atoms with E-state index in [9.17, 15) is 4.39 Å². The number of alkyl halides is 1. The molecular weight excluding hydrogens is 281 g/mol. The molecule has 0 amide bonds. The van der Waals surface area contributed by atoms with Gasteiger partial charge in [0.25, 0.3) is 0 Å². The zero-order valence-electron chi connectivity index (χ0n) is 10.2. The molecule has 1 atom stereocenters. The van der Waals surface area contributed by atoms with Crippen molar-refractivity contribution in [2.75, 3.05) is 11.9 Å². The van der Waals surface area contributed by atoms with Gasteiger partial charge in [-0.3, -0.25) is 0 Å². The zero-order chi connectivity index (χ0) is 13.2. The van der Waals surface area contributed by atoms with Gasteiger partial charge in [-0.15, -0.1) is 23.4 Å². The van der Waals surface area contributed by atoms with Crippen LogP contribution < -0.4 is 5.32 Å². The lowest BCUT2D eigenvalue weighted by atomic mass is 10.1. The van der Waals surface area contributed by atoms with Crippen LogP contribution in [0.25, 0.3) is 0 Å². The van der Waals surface area contributed by atoms with Crippen molar-refractivity contribution < 1.29 is 4.39 Å². The number of halogens is 2. The van der Waals surface area contributed by atoms with Gasteiger partial charge in [-0.05, 0) is 29.3 Å². The lowest BCUT2D eigenvalue weighted by molar-refractivity contribution is 0.628. The first-order chi connectivity index (χ1) is 9.28. The summed E-state index contributed by atoms with van der Waals surface area (Å²) in [6.45, 7) is 0.820. The Kier molecular flexibility index (Phi) is 3.67. The molecule has 0 aromatic heterocycles. The van der Waals surface area contributed by atoms with Gasteiger partial charge in [-0.25, -0.2) is 4.39 Å². The molecule has 1 heterocycles. The molecule has 4 heteroatoms. The van der Waals surface area contributed by atoms with Gasteiger partial charge in [-0.2, -0.15) is 0 Å². The Morgan fingerprint density at radius 1 is 1.26 bits per heavy atom. The molecule has 1 aliphatic heterocycles. The molecule has 0 bridgehead atoms. The van der Waals surface area contributed by atoms with E-state index in [1.165, 1.54) is 11.0 Å². The first kappa shape index (κ1) is 12.8. The Morgan fingerprint density at radius 2 is 2.11 bits per heavy atom. The molecule has 1 nitrogen and oxygen atoms in total. The highest BCUT2D eigenvalue weighted by Gasteiger charge is 2.24. The van der Waals surface area contributed by atoms with Gasteiger partial charge in [0.2, 0.25) is 0 Å². The third kappa shape index (κ3) is 2.58. The number of thioether (sulfide) groups is 1. The highest BCUT2D eigenvalue weighted by Crippen LogP contribution is 2.43. The lowest BCUT2D eigenvalue weighted by Crippen LogP contribution is -1.98. The number of rotatable bonds is 3. The second-order valence-corrected chi connectivity index (χ2v) is 5.97. The Morgan fingerprint density at radius 3 is 2.95 bits per heavy atom. The van der Waals surface area contributed by atoms with Crippen LogP contribution in [-0.2, 0) is 5.88 Å². The Labute approximate surface area is 121 Å². The van der Waals surface area contributed by atoms with Crippen LogP contribution in [0.5, 0.6) is 0 Å². The summed E-state index contributed by atoms with van der Waals surface area (Å²) >= 11 is 7.74. The highest BCUT2D eigenvalue weighted by molar-refractivity contribution is 7.99. The van der Waals surface area contributed by atoms with Crippen LogP contribution >= 0.6 is 23.4 Å². The van der Waals surface area contributed by atoms with E-state index in [1.54, 1.807) is 17.8 Å². The molecule has 3 rings (SSSR count). The van der Waals surface area contributed by atoms with E-state index in [4.69, 9.17) is 11.6 Å². The summed E-state index contributed by atoms with van der Waals surface area (Å²) in [5, 5.41) is 3.56. The minimum Gasteiger partial charge on any atom is -0.383 e. The fourth-order valence-corrected chi connectivity index (χ4v) is 3.83. The van der Waals surface area contributed by atoms with Crippen molar-refractivity contribution in [2.24, 2.45) is 0 Å². The number of hydrogen-bond acceptors (Lipinski definition) is 2. The number of benzene rings is 2. The van der Waals surface area contributed by atoms with Gasteiger partial charge in [-0.1, -0.05) is 24.3 Å². The molecular formula is C15H13ClFNS. The standard InChI is InChI=1S/C15H13ClFNS/c16-8-10-3-1-2-4-14(10)19-15-9-18-13-7-11(17)5-6-12(13)15/h1-7,15,18H,8-9H2. The van der Waals surface area contributed by atoms with Crippen LogP contribution in [0, 0.1) is 5.82 Å². The molecule has 0 saturated heterocycles. The van der Waals surface area contributed by atoms with Crippen LogP contribution in [0.4, 0.5) is 10.1 Å². The smallest absolute Gasteiger partial charge is 0.125 e. The van der Waals surface area contributed by atoms with Crippen molar-refractivity contribution in [1.82, 2.24) is 0 Å². The average molecular weight is 294 g/mol. The van der Waals surface area contributed by atoms with E-state index in [1.807, 2.05) is 24.3 Å². The van der Waals surface area contributed by atoms with Crippen molar-refractivity contribution in [3.63, 3.8) is 0 Å². The number of hydrogen-bond donors (Lipinski definition) is 1. The second-order valence-electron chi connectivity index (χ2n) is 4.46. The molecule has 1 N–H and O–H groups in total. The fraction of sp³-hybridized carbons (Fsp3) is 0.200. The summed E-state index contributed by atoms with van der Waals surface area (Å²) in [6, 6.07) is 13.1. The second kappa shape index (κ2) is 5.43. The van der Waals surface area contributed by atoms with Crippen LogP contribution in [0.2, 0.25) is 0 Å². The van der Waals surface area contributed by atoms with Gasteiger partial charge in [0.15, 0.2) is 0 Å². The Bertz CT molecular complexity index is 602. The number of anilines is 1. The average Bonchev–Trinajstić information content (AvgIpc) is 2.82. The van der Waals surface area contributed by atoms with Crippen molar-refractivity contribution in [2.45, 2.75) is 16.0 Å². The van der Waals surface area contributed by atoms with Crippen LogP contribution in [-0.4, -0.2) is 6.54 Å². The molecule has 1 aliphatic rings. The molecule has 0 spiro atoms. The fourth-order valence-electron chi connectivity index (χ4n) is 2.26. The number of fused-ring (bicyclic) bond motifs is 1. The largest absolute Gasteiger partial charge is 0.383 e. The molecule has 0 saturated carbocycles. The van der Waals surface area contributed by atoms with Crippen molar-refractivity contribution >= 4 is 29.1 Å². The monoisotopic (exact) mass is 293 g/mol. The molecule has 2 aromatic rings.